The summed E-state index contributed by atoms with van der Waals surface area (Å²) in [6.07, 6.45) is 2.92. The van der Waals surface area contributed by atoms with Gasteiger partial charge in [0.05, 0.1) is 45.1 Å². The lowest BCUT2D eigenvalue weighted by Crippen LogP contribution is -2.33. The van der Waals surface area contributed by atoms with Gasteiger partial charge in [0.25, 0.3) is 0 Å². The quantitative estimate of drug-likeness (QED) is 0.0991. The number of rotatable bonds is 9. The highest BCUT2D eigenvalue weighted by Gasteiger charge is 2.56. The molecule has 99 heavy (non-hydrogen) atoms. The molecular weight excluding hydrogens is 1310 g/mol. The summed E-state index contributed by atoms with van der Waals surface area (Å²) < 4.78 is 90.2. The first kappa shape index (κ1) is 85.2. The predicted molar refractivity (Wildman–Crippen MR) is 346 cm³/mol. The topological polar surface area (TPSA) is 401 Å². The van der Waals surface area contributed by atoms with Gasteiger partial charge in [-0.15, -0.1) is 26.3 Å². The number of hydrogen-bond donors (Lipinski definition) is 7. The van der Waals surface area contributed by atoms with Gasteiger partial charge in [-0.1, -0.05) is 24.3 Å². The molecule has 0 aromatic rings. The van der Waals surface area contributed by atoms with Crippen molar-refractivity contribution in [2.75, 3.05) is 20.3 Å². The highest BCUT2D eigenvalue weighted by Crippen LogP contribution is 2.42. The van der Waals surface area contributed by atoms with Gasteiger partial charge < -0.3 is 121 Å². The Morgan fingerprint density at radius 1 is 0.556 bits per heavy atom. The van der Waals surface area contributed by atoms with E-state index in [9.17, 15) is 39.0 Å². The van der Waals surface area contributed by atoms with Crippen LogP contribution in [0.4, 0.5) is 0 Å². The summed E-state index contributed by atoms with van der Waals surface area (Å²) in [5.41, 5.74) is 0. The van der Waals surface area contributed by atoms with Gasteiger partial charge >= 0.3 is 5.97 Å². The Morgan fingerprint density at radius 2 is 0.990 bits per heavy atom. The summed E-state index contributed by atoms with van der Waals surface area (Å²) in [5, 5.41) is 62.8. The number of aldehydes is 1. The van der Waals surface area contributed by atoms with Gasteiger partial charge in [0.2, 0.25) is 0 Å². The minimum Gasteiger partial charge on any atom is -0.469 e. The molecule has 13 aliphatic rings. The molecule has 30 nitrogen and oxygen atoms in total. The molecule has 4 aliphatic carbocycles. The molecule has 12 fully saturated rings. The molecule has 9 heterocycles. The van der Waals surface area contributed by atoms with E-state index in [0.29, 0.717) is 19.3 Å². The Labute approximate surface area is 579 Å². The van der Waals surface area contributed by atoms with Gasteiger partial charge in [0.15, 0.2) is 88.6 Å². The summed E-state index contributed by atoms with van der Waals surface area (Å²) in [6.45, 7) is 40.6. The minimum absolute atomic E-state index is 0.0144. The number of Topliss-reactive ketones (excluding diaryl/α,β-unsaturated/α-hetero) is 3. The number of ether oxygens (including phenoxy) is 17. The van der Waals surface area contributed by atoms with E-state index in [2.05, 4.69) is 35.8 Å². The van der Waals surface area contributed by atoms with Gasteiger partial charge in [-0.25, -0.2) is 0 Å². The maximum atomic E-state index is 11.9. The highest BCUT2D eigenvalue weighted by molar-refractivity contribution is 5.97. The fourth-order valence-electron chi connectivity index (χ4n) is 12.5. The number of esters is 1. The second kappa shape index (κ2) is 35.4. The van der Waals surface area contributed by atoms with Gasteiger partial charge in [0, 0.05) is 18.8 Å². The Balaban J connectivity index is 0.000000204. The number of hydrogen-bond acceptors (Lipinski definition) is 30. The Hall–Kier alpha value is -4.40. The summed E-state index contributed by atoms with van der Waals surface area (Å²) in [7, 11) is 1.32. The molecule has 22 atom stereocenters. The van der Waals surface area contributed by atoms with Gasteiger partial charge in [-0.2, -0.15) is 0 Å². The molecule has 13 rings (SSSR count). The zero-order valence-corrected chi connectivity index (χ0v) is 59.7. The van der Waals surface area contributed by atoms with Crippen LogP contribution in [-0.4, -0.2) is 261 Å². The van der Waals surface area contributed by atoms with Gasteiger partial charge in [-0.05, 0) is 135 Å². The lowest BCUT2D eigenvalue weighted by molar-refractivity contribution is -0.223. The second-order valence-corrected chi connectivity index (χ2v) is 28.1. The van der Waals surface area contributed by atoms with E-state index in [4.69, 9.17) is 96.6 Å². The first-order valence-corrected chi connectivity index (χ1v) is 33.1. The molecule has 3 saturated carbocycles. The second-order valence-electron chi connectivity index (χ2n) is 28.1. The Kier molecular flexibility index (Phi) is 30.5. The molecule has 0 amide bonds. The monoisotopic (exact) mass is 1420 g/mol. The zero-order valence-electron chi connectivity index (χ0n) is 59.7. The number of carbonyl (C=O) groups excluding carboxylic acids is 6. The maximum absolute atomic E-state index is 11.9. The molecule has 564 valence electrons. The third kappa shape index (κ3) is 23.6. The van der Waals surface area contributed by atoms with Crippen LogP contribution in [0.1, 0.15) is 142 Å². The van der Waals surface area contributed by atoms with Crippen molar-refractivity contribution in [2.45, 2.75) is 311 Å². The number of methoxy groups -OCH3 is 1. The molecule has 0 spiro atoms. The van der Waals surface area contributed by atoms with Crippen LogP contribution in [0.3, 0.4) is 0 Å². The van der Waals surface area contributed by atoms with Crippen molar-refractivity contribution in [2.24, 2.45) is 5.92 Å². The van der Waals surface area contributed by atoms with E-state index < -0.39 is 115 Å². The van der Waals surface area contributed by atoms with Crippen LogP contribution < -0.4 is 0 Å². The van der Waals surface area contributed by atoms with E-state index in [1.807, 2.05) is 48.5 Å². The molecule has 9 saturated heterocycles. The van der Waals surface area contributed by atoms with E-state index in [1.54, 1.807) is 79.7 Å². The van der Waals surface area contributed by atoms with Crippen molar-refractivity contribution < 1.29 is 145 Å². The smallest absolute Gasteiger partial charge is 0.306 e. The predicted octanol–water partition coefficient (Wildman–Crippen LogP) is 3.00. The summed E-state index contributed by atoms with van der Waals surface area (Å²) in [4.78, 5) is 66.8. The van der Waals surface area contributed by atoms with Crippen molar-refractivity contribution in [3.8, 4) is 0 Å². The van der Waals surface area contributed by atoms with Crippen LogP contribution in [-0.2, 0) is 109 Å². The lowest BCUT2D eigenvalue weighted by atomic mass is 10.0. The number of aliphatic hydroxyl groups is 7. The first-order chi connectivity index (χ1) is 45.9. The number of allylic oxidation sites excluding steroid dienone is 1. The van der Waals surface area contributed by atoms with Crippen molar-refractivity contribution >= 4 is 35.4 Å². The summed E-state index contributed by atoms with van der Waals surface area (Å²) in [5.74, 6) is -4.74. The van der Waals surface area contributed by atoms with Crippen LogP contribution >= 0.6 is 0 Å². The maximum Gasteiger partial charge on any atom is 0.306 e. The summed E-state index contributed by atoms with van der Waals surface area (Å²) in [6, 6.07) is 0. The van der Waals surface area contributed by atoms with Crippen LogP contribution in [0.2, 0.25) is 0 Å². The van der Waals surface area contributed by atoms with E-state index in [0.717, 1.165) is 19.1 Å². The van der Waals surface area contributed by atoms with Crippen LogP contribution in [0.15, 0.2) is 62.8 Å². The average Bonchev–Trinajstić information content (AvgIpc) is 1.64. The summed E-state index contributed by atoms with van der Waals surface area (Å²) >= 11 is 0. The number of ketones is 4. The zero-order chi connectivity index (χ0) is 74.7. The minimum atomic E-state index is -1.38. The molecule has 9 aliphatic heterocycles. The number of fused-ring (bicyclic) bond motifs is 5. The molecule has 0 bridgehead atoms. The highest BCUT2D eigenvalue weighted by atomic mass is 16.8. The van der Waals surface area contributed by atoms with E-state index >= 15 is 0 Å². The molecule has 6 unspecified atom stereocenters. The normalized spacial score (nSPS) is 39.0. The van der Waals surface area contributed by atoms with Crippen molar-refractivity contribution in [1.29, 1.82) is 0 Å². The fourth-order valence-corrected chi connectivity index (χ4v) is 12.5. The van der Waals surface area contributed by atoms with Gasteiger partial charge in [0.1, 0.15) is 91.6 Å². The number of aliphatic hydroxyl groups excluding tert-OH is 7. The molecule has 7 N–H and O–H groups in total. The lowest BCUT2D eigenvalue weighted by Gasteiger charge is -2.21. The van der Waals surface area contributed by atoms with Crippen LogP contribution in [0.5, 0.6) is 0 Å². The SMILES string of the molecule is C=CC.C=CC(O)C1OC(C)(C)O[C@@H]1C=C.C=C[C@H]1OC(C)(C)OC1C=O.CC1(C)OC2C(=O)C=C[C@H]2O1.CC1(C)OC2[C@H](O)O[C@H](CO)[C@@H]2O1.CC1(C)O[C@H]2CCC(=O)[C@H]2O1.CC1(C)O[C@H]2CCC(=O)[C@H]2O1.COC(=O)C[C@H]1C[C@@H]2OC(C)(C)O[C@@H]2C1=O.OC[C@H]1O[C@@H](O)C(O)[C@H]1O. The fraction of sp³-hybridized carbons (Fsp3) is 0.768. The Morgan fingerprint density at radius 3 is 1.41 bits per heavy atom. The number of carbonyl (C=O) groups is 6. The molecule has 30 heteroatoms. The molecule has 0 aromatic carbocycles. The van der Waals surface area contributed by atoms with E-state index in [1.165, 1.54) is 19.3 Å². The van der Waals surface area contributed by atoms with E-state index in [-0.39, 0.29) is 109 Å². The third-order valence-corrected chi connectivity index (χ3v) is 16.6. The van der Waals surface area contributed by atoms with Crippen molar-refractivity contribution in [1.82, 2.24) is 0 Å². The molecular formula is C69H108O30. The molecule has 0 aromatic heterocycles. The van der Waals surface area contributed by atoms with Crippen LogP contribution in [0, 0.1) is 5.92 Å². The van der Waals surface area contributed by atoms with Crippen molar-refractivity contribution in [3.63, 3.8) is 0 Å². The first-order valence-electron chi connectivity index (χ1n) is 33.1. The molecule has 0 radical (unpaired) electrons. The van der Waals surface area contributed by atoms with Crippen LogP contribution in [0.25, 0.3) is 0 Å². The standard InChI is InChI=1S/C11H16O5.C10H16O3.C8H14O5.2C8H12O3.C8H10O3.C8H12O3.C5H10O5.C3H6/c1-11(2)15-7-4-6(5-8(12)14-3)9(13)10(7)16-11;1-5-7(11)9-8(6-2)12-10(3,4)13-9;1-8(2)12-5-4(3-9)11-7(10)6(5)13-8;3*1-8(2)10-6-4-3-5(9)7(6)11-8;1-4-6-7(5-9)11-8(2,3)10-6;6-1-2-3(7)4(8)5(9)10-2;1-3-2/h6-7,10H,4-5H2,1-3H3;5-9,11H,1-2H2,3-4H3;4-7,9-10H,3H2,1-2H3;2*6-7H,3-4H2,1-2H3;3-4,6-7H,1-2H3;4-7H,1H2,2-3H3;2-9H,1H2;3H,1H2,2H3/t6-,7+,10+;7?,8-,9?;4-,5+,6?,7-;2*6-,7+;2*6-,7?;2-,3+,4?,5-;/m11100111./s1. The van der Waals surface area contributed by atoms with Crippen molar-refractivity contribution in [3.05, 3.63) is 62.8 Å². The largest absolute Gasteiger partial charge is 0.469 e. The Bertz CT molecular complexity index is 2700. The van der Waals surface area contributed by atoms with Gasteiger partial charge in [-0.3, -0.25) is 24.0 Å². The average molecular weight is 1420 g/mol. The third-order valence-electron chi connectivity index (χ3n) is 16.6.